The van der Waals surface area contributed by atoms with Crippen molar-refractivity contribution in [2.75, 3.05) is 29.1 Å². The molecule has 162 valence electrons. The van der Waals surface area contributed by atoms with Crippen LogP contribution in [0.4, 0.5) is 23.3 Å². The van der Waals surface area contributed by atoms with Gasteiger partial charge in [-0.15, -0.1) is 0 Å². The first-order valence-corrected chi connectivity index (χ1v) is 10.4. The summed E-state index contributed by atoms with van der Waals surface area (Å²) in [7, 11) is 0. The third-order valence-corrected chi connectivity index (χ3v) is 4.79. The van der Waals surface area contributed by atoms with E-state index >= 15 is 0 Å². The van der Waals surface area contributed by atoms with E-state index in [1.165, 1.54) is 18.3 Å². The van der Waals surface area contributed by atoms with Crippen LogP contribution in [0, 0.1) is 6.92 Å². The van der Waals surface area contributed by atoms with Gasteiger partial charge in [0.25, 0.3) is 5.91 Å². The lowest BCUT2D eigenvalue weighted by Gasteiger charge is -2.11. The van der Waals surface area contributed by atoms with E-state index in [-0.39, 0.29) is 22.2 Å². The molecule has 8 nitrogen and oxygen atoms in total. The number of halogens is 3. The summed E-state index contributed by atoms with van der Waals surface area (Å²) < 4.78 is 0. The average molecular weight is 482 g/mol. The first kappa shape index (κ1) is 23.0. The molecule has 0 saturated heterocycles. The SMILES string of the molecule is Cc1cc(Nc2cc(NC(=O)c3c(Cl)cc(Cl)cc3Cl)ccn2)nc(NCCCO)n1. The molecule has 1 amide bonds. The van der Waals surface area contributed by atoms with E-state index < -0.39 is 5.91 Å². The molecule has 4 N–H and O–H groups in total. The Kier molecular flexibility index (Phi) is 7.86. The molecule has 0 aliphatic carbocycles. The summed E-state index contributed by atoms with van der Waals surface area (Å²) in [5, 5.41) is 18.4. The Morgan fingerprint density at radius 2 is 1.81 bits per heavy atom. The van der Waals surface area contributed by atoms with Crippen LogP contribution in [0.15, 0.2) is 36.5 Å². The van der Waals surface area contributed by atoms with Gasteiger partial charge in [0.15, 0.2) is 0 Å². The quantitative estimate of drug-likeness (QED) is 0.337. The number of hydrogen-bond donors (Lipinski definition) is 4. The largest absolute Gasteiger partial charge is 0.396 e. The highest BCUT2D eigenvalue weighted by molar-refractivity contribution is 6.42. The molecular weight excluding hydrogens is 463 g/mol. The number of nitrogens with one attached hydrogen (secondary N) is 3. The summed E-state index contributed by atoms with van der Waals surface area (Å²) in [4.78, 5) is 25.6. The van der Waals surface area contributed by atoms with Gasteiger partial charge in [0.05, 0.1) is 15.6 Å². The number of nitrogens with zero attached hydrogens (tertiary/aromatic N) is 3. The van der Waals surface area contributed by atoms with Crippen LogP contribution in [0.5, 0.6) is 0 Å². The number of hydrogen-bond acceptors (Lipinski definition) is 7. The number of anilines is 4. The number of carbonyl (C=O) groups excluding carboxylic acids is 1. The van der Waals surface area contributed by atoms with Gasteiger partial charge in [0, 0.05) is 47.9 Å². The minimum absolute atomic E-state index is 0.0821. The van der Waals surface area contributed by atoms with Crippen LogP contribution in [0.1, 0.15) is 22.5 Å². The number of aliphatic hydroxyl groups excluding tert-OH is 1. The first-order valence-electron chi connectivity index (χ1n) is 9.25. The maximum absolute atomic E-state index is 12.6. The molecule has 0 aliphatic heterocycles. The molecule has 0 radical (unpaired) electrons. The Labute approximate surface area is 194 Å². The predicted molar refractivity (Wildman–Crippen MR) is 124 cm³/mol. The second kappa shape index (κ2) is 10.6. The smallest absolute Gasteiger partial charge is 0.258 e. The maximum atomic E-state index is 12.6. The van der Waals surface area contributed by atoms with Gasteiger partial charge in [-0.25, -0.2) is 9.97 Å². The molecule has 2 aromatic heterocycles. The number of pyridine rings is 1. The van der Waals surface area contributed by atoms with Gasteiger partial charge in [-0.05, 0) is 31.5 Å². The van der Waals surface area contributed by atoms with Crippen LogP contribution in [-0.4, -0.2) is 39.1 Å². The van der Waals surface area contributed by atoms with Gasteiger partial charge >= 0.3 is 0 Å². The van der Waals surface area contributed by atoms with Crippen molar-refractivity contribution in [1.82, 2.24) is 15.0 Å². The third-order valence-electron chi connectivity index (χ3n) is 3.98. The molecule has 1 aromatic carbocycles. The number of aromatic nitrogens is 3. The van der Waals surface area contributed by atoms with Gasteiger partial charge in [-0.3, -0.25) is 4.79 Å². The minimum atomic E-state index is -0.475. The van der Waals surface area contributed by atoms with Crippen LogP contribution in [0.25, 0.3) is 0 Å². The molecule has 0 unspecified atom stereocenters. The minimum Gasteiger partial charge on any atom is -0.396 e. The number of amides is 1. The van der Waals surface area contributed by atoms with Crippen molar-refractivity contribution in [3.8, 4) is 0 Å². The van der Waals surface area contributed by atoms with Crippen molar-refractivity contribution in [3.63, 3.8) is 0 Å². The van der Waals surface area contributed by atoms with Gasteiger partial charge in [0.2, 0.25) is 5.95 Å². The standard InChI is InChI=1S/C20H19Cl3N6O2/c1-11-7-17(29-20(26-11)25-4-2-6-30)28-16-10-13(3-5-24-16)27-19(31)18-14(22)8-12(21)9-15(18)23/h3,5,7-10,30H,2,4,6H2,1H3,(H3,24,25,26,27,28,29,31). The summed E-state index contributed by atoms with van der Waals surface area (Å²) in [5.74, 6) is 0.953. The second-order valence-electron chi connectivity index (χ2n) is 6.48. The molecule has 0 saturated carbocycles. The van der Waals surface area contributed by atoms with E-state index in [0.717, 1.165) is 5.69 Å². The normalized spacial score (nSPS) is 10.6. The first-order chi connectivity index (χ1) is 14.9. The average Bonchev–Trinajstić information content (AvgIpc) is 2.67. The highest BCUT2D eigenvalue weighted by Crippen LogP contribution is 2.30. The molecule has 31 heavy (non-hydrogen) atoms. The van der Waals surface area contributed by atoms with Crippen LogP contribution in [0.2, 0.25) is 15.1 Å². The highest BCUT2D eigenvalue weighted by atomic mass is 35.5. The van der Waals surface area contributed by atoms with E-state index in [2.05, 4.69) is 30.9 Å². The summed E-state index contributed by atoms with van der Waals surface area (Å²) in [5.41, 5.74) is 1.36. The molecule has 0 spiro atoms. The Balaban J connectivity index is 1.75. The lowest BCUT2D eigenvalue weighted by Crippen LogP contribution is -2.13. The third kappa shape index (κ3) is 6.41. The zero-order valence-corrected chi connectivity index (χ0v) is 18.7. The molecule has 3 aromatic rings. The molecule has 0 fully saturated rings. The zero-order valence-electron chi connectivity index (χ0n) is 16.4. The van der Waals surface area contributed by atoms with Crippen LogP contribution < -0.4 is 16.0 Å². The Morgan fingerprint density at radius 1 is 1.06 bits per heavy atom. The number of aliphatic hydroxyl groups is 1. The number of carbonyl (C=O) groups is 1. The van der Waals surface area contributed by atoms with Gasteiger partial charge in [0.1, 0.15) is 11.6 Å². The Hall–Kier alpha value is -2.65. The molecule has 11 heteroatoms. The van der Waals surface area contributed by atoms with E-state index in [0.29, 0.717) is 41.3 Å². The molecule has 0 bridgehead atoms. The van der Waals surface area contributed by atoms with Crippen molar-refractivity contribution >= 4 is 64.0 Å². The molecule has 0 aliphatic rings. The highest BCUT2D eigenvalue weighted by Gasteiger charge is 2.16. The van der Waals surface area contributed by atoms with Crippen molar-refractivity contribution in [1.29, 1.82) is 0 Å². The van der Waals surface area contributed by atoms with E-state index in [1.807, 2.05) is 6.92 Å². The number of benzene rings is 1. The fraction of sp³-hybridized carbons (Fsp3) is 0.200. The Morgan fingerprint density at radius 3 is 2.52 bits per heavy atom. The summed E-state index contributed by atoms with van der Waals surface area (Å²) >= 11 is 18.1. The molecule has 0 atom stereocenters. The van der Waals surface area contributed by atoms with Crippen molar-refractivity contribution in [2.24, 2.45) is 0 Å². The monoisotopic (exact) mass is 480 g/mol. The van der Waals surface area contributed by atoms with Crippen molar-refractivity contribution < 1.29 is 9.90 Å². The maximum Gasteiger partial charge on any atom is 0.258 e. The lowest BCUT2D eigenvalue weighted by molar-refractivity contribution is 0.102. The van der Waals surface area contributed by atoms with Gasteiger partial charge in [-0.1, -0.05) is 34.8 Å². The van der Waals surface area contributed by atoms with Crippen LogP contribution in [-0.2, 0) is 0 Å². The summed E-state index contributed by atoms with van der Waals surface area (Å²) in [6, 6.07) is 7.94. The zero-order chi connectivity index (χ0) is 22.4. The summed E-state index contributed by atoms with van der Waals surface area (Å²) in [6.45, 7) is 2.47. The fourth-order valence-electron chi connectivity index (χ4n) is 2.65. The second-order valence-corrected chi connectivity index (χ2v) is 7.73. The Bertz CT molecular complexity index is 1070. The number of aryl methyl sites for hydroxylation is 1. The van der Waals surface area contributed by atoms with Crippen molar-refractivity contribution in [2.45, 2.75) is 13.3 Å². The topological polar surface area (TPSA) is 112 Å². The number of rotatable bonds is 8. The molecule has 3 rings (SSSR count). The van der Waals surface area contributed by atoms with E-state index in [4.69, 9.17) is 39.9 Å². The van der Waals surface area contributed by atoms with Crippen molar-refractivity contribution in [3.05, 3.63) is 62.9 Å². The van der Waals surface area contributed by atoms with E-state index in [9.17, 15) is 4.79 Å². The lowest BCUT2D eigenvalue weighted by atomic mass is 10.2. The van der Waals surface area contributed by atoms with E-state index in [1.54, 1.807) is 18.2 Å². The van der Waals surface area contributed by atoms with Gasteiger partial charge < -0.3 is 21.1 Å². The van der Waals surface area contributed by atoms with Crippen LogP contribution in [0.3, 0.4) is 0 Å². The molecule has 2 heterocycles. The fourth-order valence-corrected chi connectivity index (χ4v) is 3.64. The van der Waals surface area contributed by atoms with Gasteiger partial charge in [-0.2, -0.15) is 4.98 Å². The van der Waals surface area contributed by atoms with Crippen LogP contribution >= 0.6 is 34.8 Å². The predicted octanol–water partition coefficient (Wildman–Crippen LogP) is 4.93. The molecular formula is C20H19Cl3N6O2. The summed E-state index contributed by atoms with van der Waals surface area (Å²) in [6.07, 6.45) is 2.13.